The van der Waals surface area contributed by atoms with E-state index in [0.717, 1.165) is 13.0 Å². The van der Waals surface area contributed by atoms with Crippen molar-refractivity contribution < 1.29 is 0 Å². The SMILES string of the molecule is CCc1c(C)nn(C(CNC)C(C)C)c1C. The smallest absolute Gasteiger partial charge is 0.0669 e. The summed E-state index contributed by atoms with van der Waals surface area (Å²) in [4.78, 5) is 0. The molecule has 1 heterocycles. The molecule has 0 aliphatic heterocycles. The number of likely N-dealkylation sites (N-methyl/N-ethyl adjacent to an activating group) is 1. The molecule has 0 bridgehead atoms. The molecule has 1 atom stereocenters. The Morgan fingerprint density at radius 1 is 1.31 bits per heavy atom. The second-order valence-electron chi connectivity index (χ2n) is 4.82. The third kappa shape index (κ3) is 2.46. The van der Waals surface area contributed by atoms with E-state index in [2.05, 4.69) is 44.6 Å². The minimum absolute atomic E-state index is 0.448. The van der Waals surface area contributed by atoms with Crippen molar-refractivity contribution in [3.63, 3.8) is 0 Å². The highest BCUT2D eigenvalue weighted by molar-refractivity contribution is 5.24. The van der Waals surface area contributed by atoms with Crippen molar-refractivity contribution in [2.75, 3.05) is 13.6 Å². The fraction of sp³-hybridized carbons (Fsp3) is 0.769. The Balaban J connectivity index is 3.09. The van der Waals surface area contributed by atoms with E-state index in [1.165, 1.54) is 17.0 Å². The van der Waals surface area contributed by atoms with Gasteiger partial charge in [0.1, 0.15) is 0 Å². The first-order chi connectivity index (χ1) is 7.52. The van der Waals surface area contributed by atoms with Gasteiger partial charge < -0.3 is 5.32 Å². The molecular weight excluding hydrogens is 198 g/mol. The molecule has 0 aliphatic carbocycles. The van der Waals surface area contributed by atoms with Crippen LogP contribution in [0.3, 0.4) is 0 Å². The maximum absolute atomic E-state index is 4.70. The van der Waals surface area contributed by atoms with E-state index in [0.29, 0.717) is 12.0 Å². The van der Waals surface area contributed by atoms with Gasteiger partial charge in [-0.2, -0.15) is 5.10 Å². The summed E-state index contributed by atoms with van der Waals surface area (Å²) >= 11 is 0. The zero-order valence-electron chi connectivity index (χ0n) is 11.5. The van der Waals surface area contributed by atoms with Gasteiger partial charge in [0.05, 0.1) is 11.7 Å². The van der Waals surface area contributed by atoms with Gasteiger partial charge in [-0.25, -0.2) is 0 Å². The standard InChI is InChI=1S/C13H25N3/c1-7-12-10(4)15-16(11(12)5)13(8-14-6)9(2)3/h9,13-14H,7-8H2,1-6H3. The van der Waals surface area contributed by atoms with Gasteiger partial charge in [0.25, 0.3) is 0 Å². The fourth-order valence-electron chi connectivity index (χ4n) is 2.35. The van der Waals surface area contributed by atoms with Crippen LogP contribution in [0.2, 0.25) is 0 Å². The summed E-state index contributed by atoms with van der Waals surface area (Å²) in [6.07, 6.45) is 1.07. The molecule has 0 radical (unpaired) electrons. The van der Waals surface area contributed by atoms with Crippen LogP contribution in [-0.2, 0) is 6.42 Å². The van der Waals surface area contributed by atoms with Crippen LogP contribution in [-0.4, -0.2) is 23.4 Å². The number of hydrogen-bond acceptors (Lipinski definition) is 2. The third-order valence-corrected chi connectivity index (χ3v) is 3.33. The summed E-state index contributed by atoms with van der Waals surface area (Å²) in [7, 11) is 2.00. The molecule has 3 nitrogen and oxygen atoms in total. The monoisotopic (exact) mass is 223 g/mol. The van der Waals surface area contributed by atoms with Gasteiger partial charge in [-0.3, -0.25) is 4.68 Å². The number of hydrogen-bond donors (Lipinski definition) is 1. The van der Waals surface area contributed by atoms with Gasteiger partial charge >= 0.3 is 0 Å². The quantitative estimate of drug-likeness (QED) is 0.831. The molecule has 1 aromatic rings. The molecule has 0 saturated carbocycles. The van der Waals surface area contributed by atoms with E-state index >= 15 is 0 Å². The molecule has 0 spiro atoms. The summed E-state index contributed by atoms with van der Waals surface area (Å²) < 4.78 is 2.20. The van der Waals surface area contributed by atoms with Crippen LogP contribution in [0.1, 0.15) is 43.8 Å². The first-order valence-corrected chi connectivity index (χ1v) is 6.22. The lowest BCUT2D eigenvalue weighted by molar-refractivity contribution is 0.331. The predicted octanol–water partition coefficient (Wildman–Crippen LogP) is 2.48. The predicted molar refractivity (Wildman–Crippen MR) is 68.9 cm³/mol. The summed E-state index contributed by atoms with van der Waals surface area (Å²) in [6, 6.07) is 0.448. The summed E-state index contributed by atoms with van der Waals surface area (Å²) in [5.41, 5.74) is 3.91. The Labute approximate surface area is 99.2 Å². The average Bonchev–Trinajstić information content (AvgIpc) is 2.50. The lowest BCUT2D eigenvalue weighted by atomic mass is 10.0. The first-order valence-electron chi connectivity index (χ1n) is 6.22. The van der Waals surface area contributed by atoms with Crippen LogP contribution in [0, 0.1) is 19.8 Å². The first kappa shape index (κ1) is 13.2. The van der Waals surface area contributed by atoms with Crippen LogP contribution in [0.15, 0.2) is 0 Å². The van der Waals surface area contributed by atoms with Crippen molar-refractivity contribution >= 4 is 0 Å². The highest BCUT2D eigenvalue weighted by Crippen LogP contribution is 2.22. The summed E-state index contributed by atoms with van der Waals surface area (Å²) in [5.74, 6) is 0.593. The zero-order chi connectivity index (χ0) is 12.3. The van der Waals surface area contributed by atoms with Crippen molar-refractivity contribution in [1.82, 2.24) is 15.1 Å². The number of rotatable bonds is 5. The number of nitrogens with zero attached hydrogens (tertiary/aromatic N) is 2. The minimum atomic E-state index is 0.448. The van der Waals surface area contributed by atoms with E-state index in [1.807, 2.05) is 7.05 Å². The number of nitrogens with one attached hydrogen (secondary N) is 1. The Kier molecular flexibility index (Phi) is 4.54. The molecule has 1 aromatic heterocycles. The molecule has 0 fully saturated rings. The van der Waals surface area contributed by atoms with E-state index < -0.39 is 0 Å². The molecular formula is C13H25N3. The maximum atomic E-state index is 4.70. The normalized spacial score (nSPS) is 13.4. The molecule has 0 aliphatic rings. The van der Waals surface area contributed by atoms with Crippen LogP contribution in [0.5, 0.6) is 0 Å². The second kappa shape index (κ2) is 5.48. The largest absolute Gasteiger partial charge is 0.318 e. The molecule has 1 unspecified atom stereocenters. The maximum Gasteiger partial charge on any atom is 0.0669 e. The van der Waals surface area contributed by atoms with Crippen LogP contribution < -0.4 is 5.32 Å². The molecule has 16 heavy (non-hydrogen) atoms. The molecule has 0 amide bonds. The van der Waals surface area contributed by atoms with Crippen molar-refractivity contribution in [1.29, 1.82) is 0 Å². The van der Waals surface area contributed by atoms with Gasteiger partial charge in [0.2, 0.25) is 0 Å². The van der Waals surface area contributed by atoms with Crippen LogP contribution >= 0.6 is 0 Å². The Bertz CT molecular complexity index is 339. The van der Waals surface area contributed by atoms with Gasteiger partial charge in [0, 0.05) is 12.2 Å². The van der Waals surface area contributed by atoms with E-state index in [4.69, 9.17) is 5.10 Å². The zero-order valence-corrected chi connectivity index (χ0v) is 11.5. The molecule has 0 aromatic carbocycles. The number of aryl methyl sites for hydroxylation is 1. The van der Waals surface area contributed by atoms with E-state index in [1.54, 1.807) is 0 Å². The molecule has 0 saturated heterocycles. The number of aromatic nitrogens is 2. The van der Waals surface area contributed by atoms with Crippen molar-refractivity contribution in [3.05, 3.63) is 17.0 Å². The topological polar surface area (TPSA) is 29.9 Å². The molecule has 92 valence electrons. The summed E-state index contributed by atoms with van der Waals surface area (Å²) in [6.45, 7) is 12.0. The molecule has 3 heteroatoms. The van der Waals surface area contributed by atoms with Gasteiger partial charge in [-0.15, -0.1) is 0 Å². The van der Waals surface area contributed by atoms with Crippen LogP contribution in [0.4, 0.5) is 0 Å². The van der Waals surface area contributed by atoms with Gasteiger partial charge in [-0.1, -0.05) is 20.8 Å². The van der Waals surface area contributed by atoms with Crippen molar-refractivity contribution in [2.24, 2.45) is 5.92 Å². The molecule has 1 N–H and O–H groups in total. The lowest BCUT2D eigenvalue weighted by Gasteiger charge is -2.22. The van der Waals surface area contributed by atoms with E-state index in [9.17, 15) is 0 Å². The summed E-state index contributed by atoms with van der Waals surface area (Å²) in [5, 5.41) is 7.96. The highest BCUT2D eigenvalue weighted by atomic mass is 15.3. The Morgan fingerprint density at radius 2 is 1.94 bits per heavy atom. The molecule has 1 rings (SSSR count). The average molecular weight is 223 g/mol. The Hall–Kier alpha value is -0.830. The Morgan fingerprint density at radius 3 is 2.31 bits per heavy atom. The van der Waals surface area contributed by atoms with Crippen molar-refractivity contribution in [3.8, 4) is 0 Å². The second-order valence-corrected chi connectivity index (χ2v) is 4.82. The van der Waals surface area contributed by atoms with Crippen molar-refractivity contribution in [2.45, 2.75) is 47.1 Å². The third-order valence-electron chi connectivity index (χ3n) is 3.33. The van der Waals surface area contributed by atoms with E-state index in [-0.39, 0.29) is 0 Å². The van der Waals surface area contributed by atoms with Crippen LogP contribution in [0.25, 0.3) is 0 Å². The minimum Gasteiger partial charge on any atom is -0.318 e. The highest BCUT2D eigenvalue weighted by Gasteiger charge is 2.20. The van der Waals surface area contributed by atoms with Gasteiger partial charge in [-0.05, 0) is 38.8 Å². The lowest BCUT2D eigenvalue weighted by Crippen LogP contribution is -2.28. The fourth-order valence-corrected chi connectivity index (χ4v) is 2.35. The van der Waals surface area contributed by atoms with Gasteiger partial charge in [0.15, 0.2) is 0 Å².